The molecule has 0 radical (unpaired) electrons. The van der Waals surface area contributed by atoms with Crippen LogP contribution in [0.1, 0.15) is 21.8 Å². The van der Waals surface area contributed by atoms with Gasteiger partial charge >= 0.3 is 0 Å². The Hall–Kier alpha value is -2.54. The van der Waals surface area contributed by atoms with Crippen molar-refractivity contribution in [1.82, 2.24) is 15.0 Å². The van der Waals surface area contributed by atoms with Gasteiger partial charge in [-0.15, -0.1) is 0 Å². The SMILES string of the molecule is Cc1cc(CN2CCN(C(=O)c3ccc4c(c3)OCCO4)CC2)on1. The minimum atomic E-state index is 0.0344. The summed E-state index contributed by atoms with van der Waals surface area (Å²) >= 11 is 0. The number of hydrogen-bond acceptors (Lipinski definition) is 6. The fourth-order valence-electron chi connectivity index (χ4n) is 3.18. The molecule has 1 amide bonds. The van der Waals surface area contributed by atoms with Crippen molar-refractivity contribution in [2.24, 2.45) is 0 Å². The van der Waals surface area contributed by atoms with Gasteiger partial charge in [-0.2, -0.15) is 0 Å². The Morgan fingerprint density at radius 3 is 2.56 bits per heavy atom. The second-order valence-corrected chi connectivity index (χ2v) is 6.36. The van der Waals surface area contributed by atoms with Crippen LogP contribution in [0, 0.1) is 6.92 Å². The van der Waals surface area contributed by atoms with Gasteiger partial charge in [0.15, 0.2) is 17.3 Å². The molecule has 0 bridgehead atoms. The van der Waals surface area contributed by atoms with Crippen LogP contribution in [-0.4, -0.2) is 60.3 Å². The number of hydrogen-bond donors (Lipinski definition) is 0. The van der Waals surface area contributed by atoms with E-state index in [9.17, 15) is 4.79 Å². The highest BCUT2D eigenvalue weighted by Crippen LogP contribution is 2.31. The van der Waals surface area contributed by atoms with Crippen LogP contribution < -0.4 is 9.47 Å². The molecular weight excluding hydrogens is 322 g/mol. The van der Waals surface area contributed by atoms with Crippen molar-refractivity contribution in [2.75, 3.05) is 39.4 Å². The second kappa shape index (κ2) is 6.76. The van der Waals surface area contributed by atoms with Crippen molar-refractivity contribution in [3.05, 3.63) is 41.3 Å². The summed E-state index contributed by atoms with van der Waals surface area (Å²) < 4.78 is 16.3. The predicted octanol–water partition coefficient (Wildman–Crippen LogP) is 1.71. The highest BCUT2D eigenvalue weighted by atomic mass is 16.6. The van der Waals surface area contributed by atoms with Crippen molar-refractivity contribution in [3.8, 4) is 11.5 Å². The van der Waals surface area contributed by atoms with Gasteiger partial charge in [0.05, 0.1) is 12.2 Å². The molecule has 3 heterocycles. The first-order valence-electron chi connectivity index (χ1n) is 8.52. The number of piperazine rings is 1. The summed E-state index contributed by atoms with van der Waals surface area (Å²) in [5.41, 5.74) is 1.53. The van der Waals surface area contributed by atoms with Crippen LogP contribution in [0.15, 0.2) is 28.8 Å². The number of fused-ring (bicyclic) bond motifs is 1. The van der Waals surface area contributed by atoms with E-state index < -0.39 is 0 Å². The zero-order valence-electron chi connectivity index (χ0n) is 14.2. The summed E-state index contributed by atoms with van der Waals surface area (Å²) in [7, 11) is 0. The van der Waals surface area contributed by atoms with Crippen molar-refractivity contribution in [1.29, 1.82) is 0 Å². The molecule has 132 valence electrons. The Labute approximate surface area is 146 Å². The summed E-state index contributed by atoms with van der Waals surface area (Å²) in [6, 6.07) is 7.34. The monoisotopic (exact) mass is 343 g/mol. The average Bonchev–Trinajstić information content (AvgIpc) is 3.06. The molecule has 0 atom stereocenters. The number of carbonyl (C=O) groups excluding carboxylic acids is 1. The lowest BCUT2D eigenvalue weighted by molar-refractivity contribution is 0.0616. The summed E-state index contributed by atoms with van der Waals surface area (Å²) in [6.07, 6.45) is 0. The van der Waals surface area contributed by atoms with Crippen LogP contribution in [-0.2, 0) is 6.54 Å². The second-order valence-electron chi connectivity index (χ2n) is 6.36. The molecule has 7 heteroatoms. The third kappa shape index (κ3) is 3.46. The zero-order chi connectivity index (χ0) is 17.2. The molecule has 2 aliphatic heterocycles. The van der Waals surface area contributed by atoms with E-state index in [1.807, 2.05) is 24.0 Å². The number of ether oxygens (including phenoxy) is 2. The van der Waals surface area contributed by atoms with Gasteiger partial charge in [-0.3, -0.25) is 9.69 Å². The number of nitrogens with zero attached hydrogens (tertiary/aromatic N) is 3. The molecular formula is C18H21N3O4. The highest BCUT2D eigenvalue weighted by molar-refractivity contribution is 5.95. The molecule has 0 spiro atoms. The number of amides is 1. The number of carbonyl (C=O) groups is 1. The molecule has 1 aromatic heterocycles. The van der Waals surface area contributed by atoms with Gasteiger partial charge in [-0.25, -0.2) is 0 Å². The van der Waals surface area contributed by atoms with Crippen LogP contribution >= 0.6 is 0 Å². The Morgan fingerprint density at radius 1 is 1.08 bits per heavy atom. The fourth-order valence-corrected chi connectivity index (χ4v) is 3.18. The standard InChI is InChI=1S/C18H21N3O4/c1-13-10-15(25-19-13)12-20-4-6-21(7-5-20)18(22)14-2-3-16-17(11-14)24-9-8-23-16/h2-3,10-11H,4-9,12H2,1H3. The molecule has 0 N–H and O–H groups in total. The Bertz CT molecular complexity index is 765. The van der Waals surface area contributed by atoms with Gasteiger partial charge in [-0.05, 0) is 25.1 Å². The van der Waals surface area contributed by atoms with Crippen molar-refractivity contribution in [2.45, 2.75) is 13.5 Å². The molecule has 2 aliphatic rings. The predicted molar refractivity (Wildman–Crippen MR) is 89.9 cm³/mol. The topological polar surface area (TPSA) is 68.0 Å². The van der Waals surface area contributed by atoms with Crippen LogP contribution in [0.25, 0.3) is 0 Å². The molecule has 1 saturated heterocycles. The van der Waals surface area contributed by atoms with E-state index in [1.54, 1.807) is 12.1 Å². The zero-order valence-corrected chi connectivity index (χ0v) is 14.2. The maximum Gasteiger partial charge on any atom is 0.254 e. The van der Waals surface area contributed by atoms with Crippen molar-refractivity contribution < 1.29 is 18.8 Å². The molecule has 0 saturated carbocycles. The summed E-state index contributed by atoms with van der Waals surface area (Å²) in [4.78, 5) is 16.9. The molecule has 0 aliphatic carbocycles. The number of benzene rings is 1. The smallest absolute Gasteiger partial charge is 0.254 e. The maximum atomic E-state index is 12.7. The Kier molecular flexibility index (Phi) is 4.31. The minimum Gasteiger partial charge on any atom is -0.486 e. The third-order valence-electron chi connectivity index (χ3n) is 4.50. The maximum absolute atomic E-state index is 12.7. The third-order valence-corrected chi connectivity index (χ3v) is 4.50. The van der Waals surface area contributed by atoms with Gasteiger partial charge in [0.1, 0.15) is 13.2 Å². The van der Waals surface area contributed by atoms with Crippen LogP contribution in [0.5, 0.6) is 11.5 Å². The van der Waals surface area contributed by atoms with Gasteiger partial charge < -0.3 is 18.9 Å². The van der Waals surface area contributed by atoms with Gasteiger partial charge in [0, 0.05) is 37.8 Å². The van der Waals surface area contributed by atoms with Crippen LogP contribution in [0.4, 0.5) is 0 Å². The molecule has 2 aromatic rings. The van der Waals surface area contributed by atoms with Crippen molar-refractivity contribution >= 4 is 5.91 Å². The van der Waals surface area contributed by atoms with E-state index in [0.29, 0.717) is 43.4 Å². The van der Waals surface area contributed by atoms with Crippen LogP contribution in [0.2, 0.25) is 0 Å². The van der Waals surface area contributed by atoms with Gasteiger partial charge in [-0.1, -0.05) is 5.16 Å². The number of aromatic nitrogens is 1. The fraction of sp³-hybridized carbons (Fsp3) is 0.444. The Balaban J connectivity index is 1.36. The van der Waals surface area contributed by atoms with Crippen LogP contribution in [0.3, 0.4) is 0 Å². The molecule has 4 rings (SSSR count). The first-order valence-corrected chi connectivity index (χ1v) is 8.52. The van der Waals surface area contributed by atoms with Gasteiger partial charge in [0.25, 0.3) is 5.91 Å². The summed E-state index contributed by atoms with van der Waals surface area (Å²) in [5.74, 6) is 2.25. The quantitative estimate of drug-likeness (QED) is 0.845. The van der Waals surface area contributed by atoms with Gasteiger partial charge in [0.2, 0.25) is 0 Å². The van der Waals surface area contributed by atoms with E-state index in [-0.39, 0.29) is 5.91 Å². The lowest BCUT2D eigenvalue weighted by Gasteiger charge is -2.34. The van der Waals surface area contributed by atoms with E-state index in [2.05, 4.69) is 10.1 Å². The Morgan fingerprint density at radius 2 is 1.84 bits per heavy atom. The highest BCUT2D eigenvalue weighted by Gasteiger charge is 2.24. The van der Waals surface area contributed by atoms with Crippen molar-refractivity contribution in [3.63, 3.8) is 0 Å². The van der Waals surface area contributed by atoms with E-state index in [1.165, 1.54) is 0 Å². The lowest BCUT2D eigenvalue weighted by atomic mass is 10.1. The van der Waals surface area contributed by atoms with E-state index in [4.69, 9.17) is 14.0 Å². The average molecular weight is 343 g/mol. The molecule has 25 heavy (non-hydrogen) atoms. The first kappa shape index (κ1) is 16.0. The molecule has 7 nitrogen and oxygen atoms in total. The number of aryl methyl sites for hydroxylation is 1. The summed E-state index contributed by atoms with van der Waals surface area (Å²) in [6.45, 7) is 6.73. The summed E-state index contributed by atoms with van der Waals surface area (Å²) in [5, 5.41) is 3.91. The normalized spacial score (nSPS) is 17.6. The first-order chi connectivity index (χ1) is 12.2. The van der Waals surface area contributed by atoms with E-state index >= 15 is 0 Å². The minimum absolute atomic E-state index is 0.0344. The molecule has 1 fully saturated rings. The lowest BCUT2D eigenvalue weighted by Crippen LogP contribution is -2.48. The molecule has 1 aromatic carbocycles. The van der Waals surface area contributed by atoms with E-state index in [0.717, 1.165) is 31.1 Å². The molecule has 0 unspecified atom stereocenters. The largest absolute Gasteiger partial charge is 0.486 e. The number of rotatable bonds is 3.